The number of hydrogen-bond acceptors (Lipinski definition) is 4. The third kappa shape index (κ3) is 6.70. The maximum atomic E-state index is 10.6. The zero-order chi connectivity index (χ0) is 8.69. The van der Waals surface area contributed by atoms with Crippen LogP contribution in [0.25, 0.3) is 0 Å². The molecule has 4 nitrogen and oxygen atoms in total. The van der Waals surface area contributed by atoms with E-state index in [2.05, 4.69) is 9.99 Å². The molecule has 0 saturated heterocycles. The van der Waals surface area contributed by atoms with E-state index in [1.165, 1.54) is 13.1 Å². The van der Waals surface area contributed by atoms with Crippen LogP contribution in [0, 0.1) is 0 Å². The summed E-state index contributed by atoms with van der Waals surface area (Å²) in [4.78, 5) is 25.0. The minimum Gasteiger partial charge on any atom is -0.319 e. The smallest absolute Gasteiger partial charge is 0.319 e. The zero-order valence-corrected chi connectivity index (χ0v) is 6.66. The van der Waals surface area contributed by atoms with Gasteiger partial charge in [0, 0.05) is 19.8 Å². The van der Waals surface area contributed by atoms with Gasteiger partial charge in [-0.15, -0.1) is 0 Å². The summed E-state index contributed by atoms with van der Waals surface area (Å²) in [5.74, 6) is -0.411. The Morgan fingerprint density at radius 1 is 1.55 bits per heavy atom. The molecule has 0 unspecified atom stereocenters. The van der Waals surface area contributed by atoms with Crippen LogP contribution < -0.4 is 0 Å². The molecule has 0 aromatic rings. The molecule has 0 spiro atoms. The standard InChI is InChI=1S/C7H11NO3/c1-3-7(10)4-5-8-11-6(2)9/h5H,3-4H2,1-2H3. The average molecular weight is 157 g/mol. The van der Waals surface area contributed by atoms with E-state index >= 15 is 0 Å². The third-order valence-corrected chi connectivity index (χ3v) is 0.969. The Morgan fingerprint density at radius 2 is 2.18 bits per heavy atom. The molecular formula is C7H11NO3. The van der Waals surface area contributed by atoms with E-state index in [-0.39, 0.29) is 12.2 Å². The SMILES string of the molecule is CCC(=O)CC=NOC(C)=O. The lowest BCUT2D eigenvalue weighted by atomic mass is 10.2. The molecule has 62 valence electrons. The van der Waals surface area contributed by atoms with Gasteiger partial charge in [-0.25, -0.2) is 4.79 Å². The van der Waals surface area contributed by atoms with Gasteiger partial charge in [0.2, 0.25) is 0 Å². The van der Waals surface area contributed by atoms with Crippen molar-refractivity contribution in [3.63, 3.8) is 0 Å². The summed E-state index contributed by atoms with van der Waals surface area (Å²) in [5.41, 5.74) is 0. The zero-order valence-electron chi connectivity index (χ0n) is 6.66. The second-order valence-electron chi connectivity index (χ2n) is 1.97. The van der Waals surface area contributed by atoms with Gasteiger partial charge in [-0.2, -0.15) is 0 Å². The van der Waals surface area contributed by atoms with Crippen LogP contribution in [0.15, 0.2) is 5.16 Å². The summed E-state index contributed by atoms with van der Waals surface area (Å²) in [6.45, 7) is 3.01. The van der Waals surface area contributed by atoms with Crippen LogP contribution in [-0.4, -0.2) is 18.0 Å². The highest BCUT2D eigenvalue weighted by Gasteiger charge is 1.93. The molecule has 0 aromatic heterocycles. The van der Waals surface area contributed by atoms with Gasteiger partial charge in [0.25, 0.3) is 0 Å². The van der Waals surface area contributed by atoms with Crippen LogP contribution >= 0.6 is 0 Å². The predicted molar refractivity (Wildman–Crippen MR) is 40.2 cm³/mol. The van der Waals surface area contributed by atoms with Crippen molar-refractivity contribution in [1.82, 2.24) is 0 Å². The van der Waals surface area contributed by atoms with E-state index in [1.807, 2.05) is 0 Å². The van der Waals surface area contributed by atoms with E-state index in [0.717, 1.165) is 0 Å². The largest absolute Gasteiger partial charge is 0.331 e. The molecule has 0 fully saturated rings. The van der Waals surface area contributed by atoms with E-state index in [9.17, 15) is 9.59 Å². The third-order valence-electron chi connectivity index (χ3n) is 0.969. The molecule has 0 heterocycles. The first-order valence-electron chi connectivity index (χ1n) is 3.38. The Labute approximate surface area is 65.2 Å². The summed E-state index contributed by atoms with van der Waals surface area (Å²) in [7, 11) is 0. The van der Waals surface area contributed by atoms with Crippen molar-refractivity contribution in [3.8, 4) is 0 Å². The Balaban J connectivity index is 3.44. The lowest BCUT2D eigenvalue weighted by molar-refractivity contribution is -0.141. The van der Waals surface area contributed by atoms with Gasteiger partial charge < -0.3 is 4.84 Å². The van der Waals surface area contributed by atoms with Gasteiger partial charge in [0.15, 0.2) is 0 Å². The number of rotatable bonds is 4. The van der Waals surface area contributed by atoms with Crippen LogP contribution in [0.1, 0.15) is 26.7 Å². The van der Waals surface area contributed by atoms with Gasteiger partial charge in [-0.3, -0.25) is 4.79 Å². The minimum atomic E-state index is -0.481. The van der Waals surface area contributed by atoms with Crippen LogP contribution in [0.5, 0.6) is 0 Å². The van der Waals surface area contributed by atoms with Crippen molar-refractivity contribution in [2.24, 2.45) is 5.16 Å². The van der Waals surface area contributed by atoms with Crippen molar-refractivity contribution in [2.45, 2.75) is 26.7 Å². The van der Waals surface area contributed by atoms with E-state index in [4.69, 9.17) is 0 Å². The van der Waals surface area contributed by atoms with E-state index < -0.39 is 5.97 Å². The fraction of sp³-hybridized carbons (Fsp3) is 0.571. The molecule has 0 rings (SSSR count). The summed E-state index contributed by atoms with van der Waals surface area (Å²) < 4.78 is 0. The van der Waals surface area contributed by atoms with Crippen molar-refractivity contribution in [1.29, 1.82) is 0 Å². The molecule has 0 atom stereocenters. The quantitative estimate of drug-likeness (QED) is 0.346. The molecule has 0 radical (unpaired) electrons. The van der Waals surface area contributed by atoms with Crippen molar-refractivity contribution in [3.05, 3.63) is 0 Å². The van der Waals surface area contributed by atoms with Crippen molar-refractivity contribution >= 4 is 18.0 Å². The molecule has 0 N–H and O–H groups in total. The summed E-state index contributed by atoms with van der Waals surface area (Å²) >= 11 is 0. The topological polar surface area (TPSA) is 55.7 Å². The first-order chi connectivity index (χ1) is 5.16. The molecule has 0 aliphatic heterocycles. The molecule has 0 amide bonds. The van der Waals surface area contributed by atoms with Gasteiger partial charge in [-0.05, 0) is 0 Å². The van der Waals surface area contributed by atoms with E-state index in [1.54, 1.807) is 6.92 Å². The molecule has 0 aliphatic rings. The number of ketones is 1. The number of carbonyl (C=O) groups is 2. The summed E-state index contributed by atoms with van der Waals surface area (Å²) in [6.07, 6.45) is 1.99. The maximum absolute atomic E-state index is 10.6. The van der Waals surface area contributed by atoms with Gasteiger partial charge >= 0.3 is 5.97 Å². The lowest BCUT2D eigenvalue weighted by Gasteiger charge is -1.88. The second-order valence-corrected chi connectivity index (χ2v) is 1.97. The Bertz CT molecular complexity index is 175. The molecule has 0 bridgehead atoms. The maximum Gasteiger partial charge on any atom is 0.331 e. The predicted octanol–water partition coefficient (Wildman–Crippen LogP) is 0.905. The molecular weight excluding hydrogens is 146 g/mol. The molecule has 0 saturated carbocycles. The molecule has 0 aromatic carbocycles. The van der Waals surface area contributed by atoms with Gasteiger partial charge in [0.05, 0.1) is 6.21 Å². The fourth-order valence-electron chi connectivity index (χ4n) is 0.395. The molecule has 4 heteroatoms. The van der Waals surface area contributed by atoms with Crippen LogP contribution in [-0.2, 0) is 14.4 Å². The summed E-state index contributed by atoms with van der Waals surface area (Å²) in [5, 5.41) is 3.26. The normalized spacial score (nSPS) is 10.0. The monoisotopic (exact) mass is 157 g/mol. The van der Waals surface area contributed by atoms with Crippen LogP contribution in [0.4, 0.5) is 0 Å². The van der Waals surface area contributed by atoms with E-state index in [0.29, 0.717) is 6.42 Å². The fourth-order valence-corrected chi connectivity index (χ4v) is 0.395. The Kier molecular flexibility index (Phi) is 4.98. The van der Waals surface area contributed by atoms with Crippen molar-refractivity contribution in [2.75, 3.05) is 0 Å². The first kappa shape index (κ1) is 9.81. The van der Waals surface area contributed by atoms with Gasteiger partial charge in [0.1, 0.15) is 5.78 Å². The van der Waals surface area contributed by atoms with Crippen LogP contribution in [0.3, 0.4) is 0 Å². The minimum absolute atomic E-state index is 0.0703. The first-order valence-corrected chi connectivity index (χ1v) is 3.38. The Morgan fingerprint density at radius 3 is 2.64 bits per heavy atom. The molecule has 11 heavy (non-hydrogen) atoms. The van der Waals surface area contributed by atoms with Crippen molar-refractivity contribution < 1.29 is 14.4 Å². The number of carbonyl (C=O) groups excluding carboxylic acids is 2. The number of Topliss-reactive ketones (excluding diaryl/α,β-unsaturated/α-hetero) is 1. The highest BCUT2D eigenvalue weighted by molar-refractivity contribution is 5.91. The van der Waals surface area contributed by atoms with Gasteiger partial charge in [-0.1, -0.05) is 12.1 Å². The molecule has 0 aliphatic carbocycles. The number of oxime groups is 1. The van der Waals surface area contributed by atoms with Crippen LogP contribution in [0.2, 0.25) is 0 Å². The lowest BCUT2D eigenvalue weighted by Crippen LogP contribution is -1.97. The average Bonchev–Trinajstić information content (AvgIpc) is 1.97. The number of nitrogens with zero attached hydrogens (tertiary/aromatic N) is 1. The highest BCUT2D eigenvalue weighted by atomic mass is 16.7. The number of hydrogen-bond donors (Lipinski definition) is 0. The highest BCUT2D eigenvalue weighted by Crippen LogP contribution is 1.85. The summed E-state index contributed by atoms with van der Waals surface area (Å²) in [6, 6.07) is 0. The Hall–Kier alpha value is -1.19. The second kappa shape index (κ2) is 5.58.